The molecule has 2 saturated heterocycles. The number of methoxy groups -OCH3 is 1. The van der Waals surface area contributed by atoms with E-state index in [0.29, 0.717) is 10.9 Å². The van der Waals surface area contributed by atoms with E-state index in [1.54, 1.807) is 7.11 Å². The third-order valence-electron chi connectivity index (χ3n) is 3.53. The fourth-order valence-corrected chi connectivity index (χ4v) is 4.99. The normalized spacial score (nSPS) is 28.1. The van der Waals surface area contributed by atoms with Crippen molar-refractivity contribution >= 4 is 32.9 Å². The lowest BCUT2D eigenvalue weighted by Gasteiger charge is -2.24. The molecule has 0 aromatic heterocycles. The van der Waals surface area contributed by atoms with Crippen LogP contribution in [-0.4, -0.2) is 44.2 Å². The SMILES string of the molecule is COc1ccccc1N1C(=S)N[C@H]2CS(=O)(=O)C[C@@H]21. The van der Waals surface area contributed by atoms with Crippen LogP contribution in [0.25, 0.3) is 0 Å². The van der Waals surface area contributed by atoms with E-state index in [1.165, 1.54) is 0 Å². The van der Waals surface area contributed by atoms with Crippen molar-refractivity contribution in [1.29, 1.82) is 0 Å². The fraction of sp³-hybridized carbons (Fsp3) is 0.417. The van der Waals surface area contributed by atoms with Crippen molar-refractivity contribution in [3.63, 3.8) is 0 Å². The molecule has 0 aliphatic carbocycles. The molecular formula is C12H14N2O3S2. The Bertz CT molecular complexity index is 630. The van der Waals surface area contributed by atoms with E-state index < -0.39 is 9.84 Å². The van der Waals surface area contributed by atoms with Crippen LogP contribution in [0.3, 0.4) is 0 Å². The molecule has 19 heavy (non-hydrogen) atoms. The summed E-state index contributed by atoms with van der Waals surface area (Å²) in [7, 11) is -1.40. The molecule has 7 heteroatoms. The molecule has 0 saturated carbocycles. The molecule has 5 nitrogen and oxygen atoms in total. The van der Waals surface area contributed by atoms with E-state index in [0.717, 1.165) is 5.69 Å². The molecule has 2 aliphatic heterocycles. The van der Waals surface area contributed by atoms with Gasteiger partial charge in [-0.25, -0.2) is 8.42 Å². The molecule has 0 spiro atoms. The number of ether oxygens (including phenoxy) is 1. The van der Waals surface area contributed by atoms with Crippen molar-refractivity contribution < 1.29 is 13.2 Å². The zero-order valence-corrected chi connectivity index (χ0v) is 12.0. The van der Waals surface area contributed by atoms with Crippen LogP contribution in [0.15, 0.2) is 24.3 Å². The third kappa shape index (κ3) is 2.06. The monoisotopic (exact) mass is 298 g/mol. The van der Waals surface area contributed by atoms with Gasteiger partial charge in [-0.2, -0.15) is 0 Å². The lowest BCUT2D eigenvalue weighted by molar-refractivity contribution is 0.415. The lowest BCUT2D eigenvalue weighted by Crippen LogP contribution is -2.37. The van der Waals surface area contributed by atoms with Gasteiger partial charge < -0.3 is 15.0 Å². The van der Waals surface area contributed by atoms with Crippen molar-refractivity contribution in [2.75, 3.05) is 23.5 Å². The average Bonchev–Trinajstić information content (AvgIpc) is 2.79. The highest BCUT2D eigenvalue weighted by molar-refractivity contribution is 7.91. The zero-order valence-electron chi connectivity index (χ0n) is 10.4. The van der Waals surface area contributed by atoms with Crippen molar-refractivity contribution in [2.45, 2.75) is 12.1 Å². The number of anilines is 1. The quantitative estimate of drug-likeness (QED) is 0.805. The maximum atomic E-state index is 11.7. The number of rotatable bonds is 2. The Labute approximate surface area is 117 Å². The highest BCUT2D eigenvalue weighted by Gasteiger charge is 2.48. The summed E-state index contributed by atoms with van der Waals surface area (Å²) >= 11 is 5.32. The first-order chi connectivity index (χ1) is 9.02. The van der Waals surface area contributed by atoms with Crippen LogP contribution in [0.2, 0.25) is 0 Å². The lowest BCUT2D eigenvalue weighted by atomic mass is 10.1. The summed E-state index contributed by atoms with van der Waals surface area (Å²) in [6.07, 6.45) is 0. The molecule has 0 bridgehead atoms. The molecule has 3 rings (SSSR count). The van der Waals surface area contributed by atoms with Crippen LogP contribution < -0.4 is 15.0 Å². The Morgan fingerprint density at radius 1 is 1.37 bits per heavy atom. The van der Waals surface area contributed by atoms with Gasteiger partial charge in [0.25, 0.3) is 0 Å². The second-order valence-electron chi connectivity index (χ2n) is 4.74. The molecule has 102 valence electrons. The minimum Gasteiger partial charge on any atom is -0.495 e. The zero-order chi connectivity index (χ0) is 13.6. The Hall–Kier alpha value is -1.34. The molecule has 0 radical (unpaired) electrons. The molecule has 0 unspecified atom stereocenters. The number of hydrogen-bond acceptors (Lipinski definition) is 4. The summed E-state index contributed by atoms with van der Waals surface area (Å²) < 4.78 is 28.8. The van der Waals surface area contributed by atoms with E-state index in [4.69, 9.17) is 17.0 Å². The number of hydrogen-bond donors (Lipinski definition) is 1. The number of sulfone groups is 1. The smallest absolute Gasteiger partial charge is 0.174 e. The van der Waals surface area contributed by atoms with Gasteiger partial charge >= 0.3 is 0 Å². The third-order valence-corrected chi connectivity index (χ3v) is 5.56. The van der Waals surface area contributed by atoms with Crippen LogP contribution in [0.4, 0.5) is 5.69 Å². The highest BCUT2D eigenvalue weighted by atomic mass is 32.2. The summed E-state index contributed by atoms with van der Waals surface area (Å²) in [4.78, 5) is 1.86. The van der Waals surface area contributed by atoms with E-state index in [2.05, 4.69) is 5.32 Å². The van der Waals surface area contributed by atoms with E-state index in [9.17, 15) is 8.42 Å². The topological polar surface area (TPSA) is 58.6 Å². The Morgan fingerprint density at radius 2 is 2.11 bits per heavy atom. The Morgan fingerprint density at radius 3 is 2.84 bits per heavy atom. The molecule has 2 aliphatic rings. The summed E-state index contributed by atoms with van der Waals surface area (Å²) in [6, 6.07) is 7.22. The van der Waals surface area contributed by atoms with Gasteiger partial charge in [-0.1, -0.05) is 12.1 Å². The molecule has 2 heterocycles. The molecule has 1 aromatic rings. The maximum Gasteiger partial charge on any atom is 0.174 e. The minimum absolute atomic E-state index is 0.123. The molecule has 2 fully saturated rings. The largest absolute Gasteiger partial charge is 0.495 e. The van der Waals surface area contributed by atoms with E-state index in [-0.39, 0.29) is 23.6 Å². The second kappa shape index (κ2) is 4.35. The summed E-state index contributed by atoms with van der Waals surface area (Å²) in [6.45, 7) is 0. The second-order valence-corrected chi connectivity index (χ2v) is 7.28. The van der Waals surface area contributed by atoms with Crippen LogP contribution in [0, 0.1) is 0 Å². The van der Waals surface area contributed by atoms with E-state index in [1.807, 2.05) is 29.2 Å². The van der Waals surface area contributed by atoms with Crippen LogP contribution in [0.1, 0.15) is 0 Å². The summed E-state index contributed by atoms with van der Waals surface area (Å²) in [5, 5.41) is 3.66. The first-order valence-corrected chi connectivity index (χ1v) is 8.18. The summed E-state index contributed by atoms with van der Waals surface area (Å²) in [5.74, 6) is 0.961. The van der Waals surface area contributed by atoms with Gasteiger partial charge in [0.15, 0.2) is 14.9 Å². The van der Waals surface area contributed by atoms with Crippen LogP contribution in [0.5, 0.6) is 5.75 Å². The number of nitrogens with zero attached hydrogens (tertiary/aromatic N) is 1. The average molecular weight is 298 g/mol. The first kappa shape index (κ1) is 12.7. The number of benzene rings is 1. The van der Waals surface area contributed by atoms with Gasteiger partial charge in [-0.3, -0.25) is 0 Å². The number of para-hydroxylation sites is 2. The predicted molar refractivity (Wildman–Crippen MR) is 77.4 cm³/mol. The number of fused-ring (bicyclic) bond motifs is 1. The standard InChI is InChI=1S/C12H14N2O3S2/c1-17-11-5-3-2-4-9(11)14-10-7-19(15,16)6-8(10)13-12(14)18/h2-5,8,10H,6-7H2,1H3,(H,13,18)/t8-,10-/m0/s1. The van der Waals surface area contributed by atoms with Crippen molar-refractivity contribution in [2.24, 2.45) is 0 Å². The van der Waals surface area contributed by atoms with Crippen molar-refractivity contribution in [3.05, 3.63) is 24.3 Å². The molecule has 0 amide bonds. The number of thiocarbonyl (C=S) groups is 1. The van der Waals surface area contributed by atoms with Crippen molar-refractivity contribution in [1.82, 2.24) is 5.32 Å². The maximum absolute atomic E-state index is 11.7. The van der Waals surface area contributed by atoms with Gasteiger partial charge in [0, 0.05) is 0 Å². The summed E-state index contributed by atoms with van der Waals surface area (Å²) in [5.41, 5.74) is 0.812. The van der Waals surface area contributed by atoms with Crippen LogP contribution >= 0.6 is 12.2 Å². The van der Waals surface area contributed by atoms with Gasteiger partial charge in [0.2, 0.25) is 0 Å². The van der Waals surface area contributed by atoms with Gasteiger partial charge in [0.1, 0.15) is 5.75 Å². The molecule has 1 N–H and O–H groups in total. The van der Waals surface area contributed by atoms with Crippen LogP contribution in [-0.2, 0) is 9.84 Å². The van der Waals surface area contributed by atoms with Crippen molar-refractivity contribution in [3.8, 4) is 5.75 Å². The highest BCUT2D eigenvalue weighted by Crippen LogP contribution is 2.35. The van der Waals surface area contributed by atoms with Gasteiger partial charge in [-0.15, -0.1) is 0 Å². The minimum atomic E-state index is -2.99. The van der Waals surface area contributed by atoms with Gasteiger partial charge in [0.05, 0.1) is 36.4 Å². The molecular weight excluding hydrogens is 284 g/mol. The van der Waals surface area contributed by atoms with E-state index >= 15 is 0 Å². The number of nitrogens with one attached hydrogen (secondary N) is 1. The Kier molecular flexibility index (Phi) is 2.90. The predicted octanol–water partition coefficient (Wildman–Crippen LogP) is 0.555. The van der Waals surface area contributed by atoms with Gasteiger partial charge in [-0.05, 0) is 24.4 Å². The molecule has 2 atom stereocenters. The first-order valence-electron chi connectivity index (χ1n) is 5.95. The Balaban J connectivity index is 2.02. The fourth-order valence-electron chi connectivity index (χ4n) is 2.72. The molecule has 1 aromatic carbocycles.